The second kappa shape index (κ2) is 14.5. The summed E-state index contributed by atoms with van der Waals surface area (Å²) in [5, 5.41) is 13.0. The van der Waals surface area contributed by atoms with Crippen LogP contribution in [0.5, 0.6) is 17.2 Å². The van der Waals surface area contributed by atoms with E-state index in [9.17, 15) is 9.59 Å². The number of benzene rings is 2. The van der Waals surface area contributed by atoms with Gasteiger partial charge in [-0.2, -0.15) is 5.10 Å². The van der Waals surface area contributed by atoms with Gasteiger partial charge in [-0.05, 0) is 55.3 Å². The van der Waals surface area contributed by atoms with E-state index in [1.165, 1.54) is 19.4 Å². The van der Waals surface area contributed by atoms with Gasteiger partial charge < -0.3 is 24.8 Å². The molecule has 0 atom stereocenters. The van der Waals surface area contributed by atoms with Crippen LogP contribution in [0.15, 0.2) is 60.8 Å². The van der Waals surface area contributed by atoms with Crippen LogP contribution in [0.3, 0.4) is 0 Å². The first kappa shape index (κ1) is 30.6. The summed E-state index contributed by atoms with van der Waals surface area (Å²) in [6, 6.07) is 14.9. The molecule has 2 aromatic carbocycles. The number of carbonyl (C=O) groups excluding carboxylic acids is 2. The molecule has 13 heteroatoms. The third-order valence-corrected chi connectivity index (χ3v) is 6.77. The van der Waals surface area contributed by atoms with E-state index in [2.05, 4.69) is 33.0 Å². The number of halogens is 2. The summed E-state index contributed by atoms with van der Waals surface area (Å²) in [6.07, 6.45) is 4.23. The van der Waals surface area contributed by atoms with Crippen LogP contribution in [0.4, 0.5) is 22.1 Å². The molecule has 0 aliphatic heterocycles. The van der Waals surface area contributed by atoms with E-state index in [4.69, 9.17) is 37.4 Å². The molecule has 3 amide bonds. The minimum Gasteiger partial charge on any atom is -0.497 e. The van der Waals surface area contributed by atoms with Crippen molar-refractivity contribution in [1.82, 2.24) is 14.8 Å². The van der Waals surface area contributed by atoms with Crippen molar-refractivity contribution in [1.29, 1.82) is 0 Å². The molecular formula is C29H30Cl2N6O5. The van der Waals surface area contributed by atoms with E-state index in [0.29, 0.717) is 17.3 Å². The molecule has 0 aliphatic rings. The Kier molecular flexibility index (Phi) is 10.6. The molecule has 4 rings (SSSR count). The van der Waals surface area contributed by atoms with Gasteiger partial charge in [0.15, 0.2) is 0 Å². The molecule has 0 spiro atoms. The van der Waals surface area contributed by atoms with E-state index in [-0.39, 0.29) is 39.8 Å². The molecule has 11 nitrogen and oxygen atoms in total. The summed E-state index contributed by atoms with van der Waals surface area (Å²) in [4.78, 5) is 28.9. The van der Waals surface area contributed by atoms with Crippen molar-refractivity contribution in [3.63, 3.8) is 0 Å². The fraction of sp³-hybridized carbons (Fsp3) is 0.241. The van der Waals surface area contributed by atoms with Crippen molar-refractivity contribution in [3.05, 3.63) is 76.5 Å². The molecule has 220 valence electrons. The van der Waals surface area contributed by atoms with Gasteiger partial charge in [-0.1, -0.05) is 36.5 Å². The molecule has 0 bridgehead atoms. The summed E-state index contributed by atoms with van der Waals surface area (Å²) in [5.41, 5.74) is 1.88. The Balaban J connectivity index is 1.48. The SMILES string of the molecule is CCCCc1cc(NC(=O)Nc2ccc(Oc3ccnc(NC(=O)COC)c3)c(Cl)c2Cl)n(-c2ccc(OC)cc2)n1. The molecule has 3 N–H and O–H groups in total. The molecule has 2 heterocycles. The Morgan fingerprint density at radius 2 is 1.71 bits per heavy atom. The summed E-state index contributed by atoms with van der Waals surface area (Å²) in [5.74, 6) is 1.71. The first-order valence-electron chi connectivity index (χ1n) is 13.0. The summed E-state index contributed by atoms with van der Waals surface area (Å²) < 4.78 is 17.6. The molecule has 4 aromatic rings. The molecule has 0 unspecified atom stereocenters. The van der Waals surface area contributed by atoms with Gasteiger partial charge in [0.25, 0.3) is 5.91 Å². The van der Waals surface area contributed by atoms with Crippen LogP contribution in [-0.2, 0) is 16.0 Å². The summed E-state index contributed by atoms with van der Waals surface area (Å²) in [7, 11) is 3.02. The Morgan fingerprint density at radius 1 is 0.929 bits per heavy atom. The topological polar surface area (TPSA) is 129 Å². The quantitative estimate of drug-likeness (QED) is 0.158. The Hall–Kier alpha value is -4.32. The number of rotatable bonds is 12. The number of nitrogens with one attached hydrogen (secondary N) is 3. The molecular weight excluding hydrogens is 583 g/mol. The number of pyridine rings is 1. The lowest BCUT2D eigenvalue weighted by Gasteiger charge is -2.14. The molecule has 0 fully saturated rings. The van der Waals surface area contributed by atoms with Gasteiger partial charge in [0, 0.05) is 25.4 Å². The lowest BCUT2D eigenvalue weighted by atomic mass is 10.2. The average Bonchev–Trinajstić information content (AvgIpc) is 3.38. The standard InChI is InChI=1S/C29H30Cl2N6O5/c1-4-5-6-18-15-25(37(36-18)19-7-9-20(41-3)10-8-19)35-29(39)33-22-11-12-23(28(31)27(22)30)42-21-13-14-32-24(16-21)34-26(38)17-40-2/h7-16H,4-6,17H2,1-3H3,(H,32,34,38)(H2,33,35,39). The van der Waals surface area contributed by atoms with Crippen LogP contribution in [0.25, 0.3) is 5.69 Å². The van der Waals surface area contributed by atoms with E-state index in [1.807, 2.05) is 30.3 Å². The van der Waals surface area contributed by atoms with Crippen LogP contribution in [0.2, 0.25) is 10.0 Å². The highest BCUT2D eigenvalue weighted by Crippen LogP contribution is 2.39. The molecule has 0 saturated carbocycles. The number of aryl methyl sites for hydroxylation is 1. The minimum absolute atomic E-state index is 0.0827. The zero-order chi connectivity index (χ0) is 30.1. The fourth-order valence-corrected chi connectivity index (χ4v) is 4.28. The molecule has 2 aromatic heterocycles. The zero-order valence-electron chi connectivity index (χ0n) is 23.2. The first-order chi connectivity index (χ1) is 20.3. The third-order valence-electron chi connectivity index (χ3n) is 5.90. The number of nitrogens with zero attached hydrogens (tertiary/aromatic N) is 3. The predicted octanol–water partition coefficient (Wildman–Crippen LogP) is 6.95. The van der Waals surface area contributed by atoms with E-state index in [0.717, 1.165) is 30.6 Å². The van der Waals surface area contributed by atoms with Crippen molar-refractivity contribution in [2.75, 3.05) is 36.8 Å². The van der Waals surface area contributed by atoms with Crippen molar-refractivity contribution in [2.45, 2.75) is 26.2 Å². The van der Waals surface area contributed by atoms with Gasteiger partial charge >= 0.3 is 6.03 Å². The number of hydrogen-bond donors (Lipinski definition) is 3. The monoisotopic (exact) mass is 612 g/mol. The van der Waals surface area contributed by atoms with Crippen LogP contribution in [0.1, 0.15) is 25.5 Å². The molecule has 0 aliphatic carbocycles. The van der Waals surface area contributed by atoms with Crippen LogP contribution in [-0.4, -0.2) is 47.5 Å². The normalized spacial score (nSPS) is 10.7. The minimum atomic E-state index is -0.538. The number of aromatic nitrogens is 3. The molecule has 0 radical (unpaired) electrons. The second-order valence-electron chi connectivity index (χ2n) is 9.01. The van der Waals surface area contributed by atoms with Crippen molar-refractivity contribution in [2.24, 2.45) is 0 Å². The summed E-state index contributed by atoms with van der Waals surface area (Å²) >= 11 is 13.0. The maximum Gasteiger partial charge on any atom is 0.324 e. The number of hydrogen-bond acceptors (Lipinski definition) is 7. The van der Waals surface area contributed by atoms with Gasteiger partial charge in [-0.15, -0.1) is 0 Å². The van der Waals surface area contributed by atoms with Gasteiger partial charge in [-0.3, -0.25) is 10.1 Å². The van der Waals surface area contributed by atoms with E-state index >= 15 is 0 Å². The highest BCUT2D eigenvalue weighted by atomic mass is 35.5. The number of methoxy groups -OCH3 is 2. The predicted molar refractivity (Wildman–Crippen MR) is 163 cm³/mol. The number of amides is 3. The number of unbranched alkanes of at least 4 members (excludes halogenated alkanes) is 1. The van der Waals surface area contributed by atoms with Gasteiger partial charge in [0.05, 0.1) is 29.2 Å². The lowest BCUT2D eigenvalue weighted by Crippen LogP contribution is -2.21. The average molecular weight is 614 g/mol. The lowest BCUT2D eigenvalue weighted by molar-refractivity contribution is -0.119. The smallest absolute Gasteiger partial charge is 0.324 e. The second-order valence-corrected chi connectivity index (χ2v) is 9.77. The Labute approximate surface area is 253 Å². The van der Waals surface area contributed by atoms with Crippen molar-refractivity contribution < 1.29 is 23.8 Å². The number of ether oxygens (including phenoxy) is 3. The van der Waals surface area contributed by atoms with Crippen LogP contribution >= 0.6 is 23.2 Å². The van der Waals surface area contributed by atoms with Crippen molar-refractivity contribution >= 4 is 52.5 Å². The highest BCUT2D eigenvalue weighted by Gasteiger charge is 2.17. The van der Waals surface area contributed by atoms with Crippen LogP contribution < -0.4 is 25.4 Å². The van der Waals surface area contributed by atoms with Crippen molar-refractivity contribution in [3.8, 4) is 22.9 Å². The number of urea groups is 1. The Morgan fingerprint density at radius 3 is 2.43 bits per heavy atom. The van der Waals surface area contributed by atoms with Gasteiger partial charge in [0.2, 0.25) is 0 Å². The number of carbonyl (C=O) groups is 2. The number of anilines is 3. The maximum atomic E-state index is 13.0. The summed E-state index contributed by atoms with van der Waals surface area (Å²) in [6.45, 7) is 2.00. The van der Waals surface area contributed by atoms with Gasteiger partial charge in [-0.25, -0.2) is 14.5 Å². The maximum absolute atomic E-state index is 13.0. The molecule has 42 heavy (non-hydrogen) atoms. The fourth-order valence-electron chi connectivity index (χ4n) is 3.88. The largest absolute Gasteiger partial charge is 0.497 e. The molecule has 0 saturated heterocycles. The van der Waals surface area contributed by atoms with E-state index in [1.54, 1.807) is 30.0 Å². The van der Waals surface area contributed by atoms with E-state index < -0.39 is 6.03 Å². The first-order valence-corrected chi connectivity index (χ1v) is 13.8. The third kappa shape index (κ3) is 7.90. The zero-order valence-corrected chi connectivity index (χ0v) is 24.8. The van der Waals surface area contributed by atoms with Crippen LogP contribution in [0, 0.1) is 0 Å². The van der Waals surface area contributed by atoms with Gasteiger partial charge in [0.1, 0.15) is 40.5 Å². The highest BCUT2D eigenvalue weighted by molar-refractivity contribution is 6.45. The Bertz CT molecular complexity index is 1540.